The molecule has 0 atom stereocenters. The van der Waals surface area contributed by atoms with Crippen LogP contribution in [0, 0.1) is 0 Å². The zero-order valence-electron chi connectivity index (χ0n) is 26.8. The van der Waals surface area contributed by atoms with Crippen molar-refractivity contribution in [1.29, 1.82) is 0 Å². The minimum absolute atomic E-state index is 0.867. The highest BCUT2D eigenvalue weighted by molar-refractivity contribution is 6.13. The summed E-state index contributed by atoms with van der Waals surface area (Å²) in [7, 11) is 0. The van der Waals surface area contributed by atoms with Crippen molar-refractivity contribution in [1.82, 2.24) is 14.5 Å². The van der Waals surface area contributed by atoms with Crippen molar-refractivity contribution in [3.63, 3.8) is 0 Å². The van der Waals surface area contributed by atoms with E-state index in [1.54, 1.807) is 0 Å². The molecule has 3 heteroatoms. The number of hydrogen-bond acceptors (Lipinski definition) is 2. The van der Waals surface area contributed by atoms with Gasteiger partial charge in [-0.25, -0.2) is 4.98 Å². The van der Waals surface area contributed by atoms with E-state index in [1.807, 2.05) is 6.20 Å². The van der Waals surface area contributed by atoms with Gasteiger partial charge in [0.2, 0.25) is 0 Å². The summed E-state index contributed by atoms with van der Waals surface area (Å²) in [5, 5.41) is 4.90. The maximum Gasteiger partial charge on any atom is 0.0976 e. The fraction of sp³-hybridized carbons (Fsp3) is 0.0435. The zero-order valence-corrected chi connectivity index (χ0v) is 26.8. The smallest absolute Gasteiger partial charge is 0.0976 e. The van der Waals surface area contributed by atoms with Crippen LogP contribution in [0.2, 0.25) is 0 Å². The second kappa shape index (κ2) is 11.1. The van der Waals surface area contributed by atoms with Crippen LogP contribution in [-0.2, 0) is 6.42 Å². The van der Waals surface area contributed by atoms with E-state index in [4.69, 9.17) is 9.97 Å². The highest BCUT2D eigenvalue weighted by atomic mass is 15.0. The van der Waals surface area contributed by atoms with E-state index >= 15 is 0 Å². The minimum Gasteiger partial charge on any atom is -0.309 e. The summed E-state index contributed by atoms with van der Waals surface area (Å²) in [6.45, 7) is 0. The molecule has 0 aliphatic heterocycles. The van der Waals surface area contributed by atoms with Crippen LogP contribution in [0.25, 0.3) is 83.3 Å². The standard InChI is InChI=1S/C46H31N3/c1-3-13-30(14-4-1)32-23-25-34-35-26-24-33(31-15-5-2-6-16-31)28-40(35)46-45(39(34)27-32)47-29-41(48-46)38-19-9-12-22-44(38)49-42-20-10-7-17-36(42)37-18-8-11-21-43(37)49/h1-23,25,27-29H,24,26H2. The molecule has 49 heavy (non-hydrogen) atoms. The van der Waals surface area contributed by atoms with E-state index in [9.17, 15) is 0 Å². The Balaban J connectivity index is 1.25. The van der Waals surface area contributed by atoms with Crippen molar-refractivity contribution in [2.75, 3.05) is 0 Å². The van der Waals surface area contributed by atoms with Gasteiger partial charge in [-0.05, 0) is 76.4 Å². The predicted octanol–water partition coefficient (Wildman–Crippen LogP) is 11.7. The van der Waals surface area contributed by atoms with Crippen LogP contribution in [0.4, 0.5) is 0 Å². The summed E-state index contributed by atoms with van der Waals surface area (Å²) in [6, 6.07) is 54.2. The van der Waals surface area contributed by atoms with Gasteiger partial charge in [-0.15, -0.1) is 0 Å². The van der Waals surface area contributed by atoms with Crippen molar-refractivity contribution in [3.05, 3.63) is 175 Å². The second-order valence-electron chi connectivity index (χ2n) is 12.9. The van der Waals surface area contributed by atoms with Gasteiger partial charge in [0.15, 0.2) is 0 Å². The lowest BCUT2D eigenvalue weighted by atomic mass is 9.84. The van der Waals surface area contributed by atoms with E-state index in [2.05, 4.69) is 162 Å². The number of para-hydroxylation sites is 3. The Morgan fingerprint density at radius 2 is 1.14 bits per heavy atom. The molecular weight excluding hydrogens is 595 g/mol. The molecule has 0 N–H and O–H groups in total. The van der Waals surface area contributed by atoms with E-state index in [0.717, 1.165) is 46.2 Å². The molecule has 10 rings (SSSR count). The van der Waals surface area contributed by atoms with Crippen LogP contribution in [0.1, 0.15) is 23.1 Å². The second-order valence-corrected chi connectivity index (χ2v) is 12.9. The minimum atomic E-state index is 0.867. The van der Waals surface area contributed by atoms with Gasteiger partial charge in [0.05, 0.1) is 39.6 Å². The molecule has 3 nitrogen and oxygen atoms in total. The van der Waals surface area contributed by atoms with Gasteiger partial charge in [0, 0.05) is 27.3 Å². The van der Waals surface area contributed by atoms with Gasteiger partial charge in [-0.1, -0.05) is 127 Å². The number of aryl methyl sites for hydroxylation is 1. The lowest BCUT2D eigenvalue weighted by molar-refractivity contribution is 1.01. The van der Waals surface area contributed by atoms with Gasteiger partial charge in [-0.3, -0.25) is 4.98 Å². The lowest BCUT2D eigenvalue weighted by Crippen LogP contribution is -2.04. The SMILES string of the molecule is C1=C(c2ccccc2)CCc2c1c1nc(-c3ccccc3-n3c4ccccc4c4ccccc43)cnc1c1cc(-c3ccccc3)ccc21. The number of benzene rings is 7. The molecule has 0 saturated carbocycles. The molecule has 0 saturated heterocycles. The van der Waals surface area contributed by atoms with E-state index in [0.29, 0.717) is 0 Å². The van der Waals surface area contributed by atoms with Gasteiger partial charge in [0.25, 0.3) is 0 Å². The maximum absolute atomic E-state index is 5.55. The normalized spacial score (nSPS) is 12.9. The van der Waals surface area contributed by atoms with Crippen LogP contribution >= 0.6 is 0 Å². The third-order valence-electron chi connectivity index (χ3n) is 10.2. The summed E-state index contributed by atoms with van der Waals surface area (Å²) < 4.78 is 2.38. The van der Waals surface area contributed by atoms with Crippen molar-refractivity contribution >= 4 is 55.3 Å². The van der Waals surface area contributed by atoms with E-state index < -0.39 is 0 Å². The number of fused-ring (bicyclic) bond motifs is 9. The third kappa shape index (κ3) is 4.43. The predicted molar refractivity (Wildman–Crippen MR) is 205 cm³/mol. The van der Waals surface area contributed by atoms with Gasteiger partial charge in [0.1, 0.15) is 0 Å². The number of hydrogen-bond donors (Lipinski definition) is 0. The molecule has 2 aromatic heterocycles. The van der Waals surface area contributed by atoms with Crippen LogP contribution in [-0.4, -0.2) is 14.5 Å². The number of nitrogens with zero attached hydrogens (tertiary/aromatic N) is 3. The van der Waals surface area contributed by atoms with Crippen LogP contribution in [0.3, 0.4) is 0 Å². The first-order valence-corrected chi connectivity index (χ1v) is 17.0. The molecule has 0 radical (unpaired) electrons. The monoisotopic (exact) mass is 625 g/mol. The Morgan fingerprint density at radius 1 is 0.490 bits per heavy atom. The van der Waals surface area contributed by atoms with Gasteiger partial charge in [-0.2, -0.15) is 0 Å². The molecule has 2 heterocycles. The summed E-state index contributed by atoms with van der Waals surface area (Å²) in [5.41, 5.74) is 14.8. The van der Waals surface area contributed by atoms with Crippen molar-refractivity contribution in [2.24, 2.45) is 0 Å². The Hall–Kier alpha value is -6.32. The largest absolute Gasteiger partial charge is 0.309 e. The van der Waals surface area contributed by atoms with Gasteiger partial charge < -0.3 is 4.57 Å². The summed E-state index contributed by atoms with van der Waals surface area (Å²) in [5.74, 6) is 0. The first kappa shape index (κ1) is 27.8. The Labute approximate surface area is 284 Å². The van der Waals surface area contributed by atoms with Crippen LogP contribution < -0.4 is 0 Å². The van der Waals surface area contributed by atoms with Gasteiger partial charge >= 0.3 is 0 Å². The molecule has 1 aliphatic rings. The summed E-state index contributed by atoms with van der Waals surface area (Å²) in [6.07, 6.45) is 6.29. The number of rotatable bonds is 4. The first-order valence-electron chi connectivity index (χ1n) is 17.0. The fourth-order valence-corrected chi connectivity index (χ4v) is 7.88. The quantitative estimate of drug-likeness (QED) is 0.182. The molecular formula is C46H31N3. The Bertz CT molecular complexity index is 2700. The van der Waals surface area contributed by atoms with E-state index in [-0.39, 0.29) is 0 Å². The molecule has 0 spiro atoms. The van der Waals surface area contributed by atoms with Crippen LogP contribution in [0.5, 0.6) is 0 Å². The molecule has 230 valence electrons. The van der Waals surface area contributed by atoms with E-state index in [1.165, 1.54) is 60.6 Å². The summed E-state index contributed by atoms with van der Waals surface area (Å²) >= 11 is 0. The van der Waals surface area contributed by atoms with Crippen molar-refractivity contribution < 1.29 is 0 Å². The molecule has 7 aromatic carbocycles. The third-order valence-corrected chi connectivity index (χ3v) is 10.2. The Morgan fingerprint density at radius 3 is 1.90 bits per heavy atom. The molecule has 1 aliphatic carbocycles. The maximum atomic E-state index is 5.55. The van der Waals surface area contributed by atoms with Crippen molar-refractivity contribution in [3.8, 4) is 28.1 Å². The Kier molecular flexibility index (Phi) is 6.31. The lowest BCUT2D eigenvalue weighted by Gasteiger charge is -2.22. The number of allylic oxidation sites excluding steroid dienone is 1. The molecule has 0 amide bonds. The average molecular weight is 626 g/mol. The highest BCUT2D eigenvalue weighted by Gasteiger charge is 2.22. The molecule has 9 aromatic rings. The van der Waals surface area contributed by atoms with Crippen molar-refractivity contribution in [2.45, 2.75) is 12.8 Å². The molecule has 0 unspecified atom stereocenters. The molecule has 0 bridgehead atoms. The molecule has 0 fully saturated rings. The fourth-order valence-electron chi connectivity index (χ4n) is 7.88. The van der Waals surface area contributed by atoms with Crippen LogP contribution in [0.15, 0.2) is 158 Å². The highest BCUT2D eigenvalue weighted by Crippen LogP contribution is 2.42. The summed E-state index contributed by atoms with van der Waals surface area (Å²) in [4.78, 5) is 10.8. The zero-order chi connectivity index (χ0) is 32.3. The first-order chi connectivity index (χ1) is 24.3. The average Bonchev–Trinajstić information content (AvgIpc) is 3.52. The topological polar surface area (TPSA) is 30.7 Å². The number of aromatic nitrogens is 3.